The molecule has 0 aromatic rings. The monoisotopic (exact) mass is 376 g/mol. The lowest BCUT2D eigenvalue weighted by atomic mass is 10.1. The van der Waals surface area contributed by atoms with Gasteiger partial charge in [-0.2, -0.15) is 0 Å². The molecule has 0 saturated heterocycles. The van der Waals surface area contributed by atoms with Crippen molar-refractivity contribution in [1.82, 2.24) is 10.4 Å². The van der Waals surface area contributed by atoms with Crippen LogP contribution in [0.4, 0.5) is 0 Å². The number of carbonyl (C=O) groups excluding carboxylic acids is 1. The zero-order valence-electron chi connectivity index (χ0n) is 16.2. The van der Waals surface area contributed by atoms with E-state index in [0.29, 0.717) is 13.0 Å². The summed E-state index contributed by atoms with van der Waals surface area (Å²) in [6.07, 6.45) is 10.6. The highest BCUT2D eigenvalue weighted by Gasteiger charge is 2.13. The number of carbonyl (C=O) groups is 3. The molecule has 0 rings (SSSR count). The number of hydrogen-bond donors (Lipinski definition) is 4. The number of nitrogens with one attached hydrogen (secondary N) is 1. The highest BCUT2D eigenvalue weighted by Crippen LogP contribution is 2.10. The molecule has 0 bridgehead atoms. The molecule has 0 atom stereocenters. The highest BCUT2D eigenvalue weighted by molar-refractivity contribution is 5.80. The lowest BCUT2D eigenvalue weighted by molar-refractivity contribution is -0.173. The Morgan fingerprint density at radius 1 is 0.808 bits per heavy atom. The highest BCUT2D eigenvalue weighted by atomic mass is 16.5. The first-order chi connectivity index (χ1) is 12.3. The van der Waals surface area contributed by atoms with Crippen LogP contribution < -0.4 is 5.32 Å². The maximum absolute atomic E-state index is 11.3. The predicted octanol–water partition coefficient (Wildman–Crippen LogP) is 2.89. The van der Waals surface area contributed by atoms with Crippen molar-refractivity contribution in [3.63, 3.8) is 0 Å². The van der Waals surface area contributed by atoms with Crippen molar-refractivity contribution >= 4 is 17.8 Å². The minimum Gasteiger partial charge on any atom is -0.480 e. The molecular weight excluding hydrogens is 340 g/mol. The van der Waals surface area contributed by atoms with Crippen LogP contribution in [0.5, 0.6) is 0 Å². The van der Waals surface area contributed by atoms with Crippen molar-refractivity contribution in [3.05, 3.63) is 0 Å². The molecule has 0 aliphatic heterocycles. The van der Waals surface area contributed by atoms with Crippen LogP contribution in [0.25, 0.3) is 0 Å². The van der Waals surface area contributed by atoms with E-state index in [1.165, 1.54) is 38.5 Å². The molecular formula is C18H36N2O6. The van der Waals surface area contributed by atoms with Gasteiger partial charge < -0.3 is 15.5 Å². The van der Waals surface area contributed by atoms with Gasteiger partial charge in [-0.15, -0.1) is 0 Å². The topological polar surface area (TPSA) is 127 Å². The van der Waals surface area contributed by atoms with Gasteiger partial charge in [0, 0.05) is 6.42 Å². The first-order valence-electron chi connectivity index (χ1n) is 9.48. The summed E-state index contributed by atoms with van der Waals surface area (Å²) in [4.78, 5) is 31.3. The third kappa shape index (κ3) is 22.3. The first kappa shape index (κ1) is 26.6. The van der Waals surface area contributed by atoms with Crippen molar-refractivity contribution in [2.75, 3.05) is 19.6 Å². The summed E-state index contributed by atoms with van der Waals surface area (Å²) < 4.78 is 0. The Labute approximate surface area is 156 Å². The second kappa shape index (κ2) is 19.7. The van der Waals surface area contributed by atoms with Crippen molar-refractivity contribution in [2.45, 2.75) is 78.1 Å². The van der Waals surface area contributed by atoms with E-state index in [2.05, 4.69) is 12.2 Å². The van der Waals surface area contributed by atoms with E-state index in [1.807, 2.05) is 6.92 Å². The number of carboxylic acids is 2. The first-order valence-corrected chi connectivity index (χ1v) is 9.48. The smallest absolute Gasteiger partial charge is 0.325 e. The fourth-order valence-electron chi connectivity index (χ4n) is 2.16. The Bertz CT molecular complexity index is 377. The predicted molar refractivity (Wildman–Crippen MR) is 99.2 cm³/mol. The molecule has 0 saturated carbocycles. The molecule has 8 nitrogen and oxygen atoms in total. The maximum atomic E-state index is 11.3. The SMILES string of the molecule is CCCCCCCCCCCC(=O)N(O)CC(=O)O.CCNCC(=O)O. The number of hydrogen-bond acceptors (Lipinski definition) is 5. The second-order valence-electron chi connectivity index (χ2n) is 6.10. The molecule has 0 heterocycles. The Kier molecular flexibility index (Phi) is 20.1. The van der Waals surface area contributed by atoms with Crippen molar-refractivity contribution in [3.8, 4) is 0 Å². The second-order valence-corrected chi connectivity index (χ2v) is 6.10. The Balaban J connectivity index is 0. The van der Waals surface area contributed by atoms with E-state index in [9.17, 15) is 14.4 Å². The number of rotatable bonds is 15. The number of unbranched alkanes of at least 4 members (excludes halogenated alkanes) is 8. The molecule has 154 valence electrons. The molecule has 0 fully saturated rings. The van der Waals surface area contributed by atoms with E-state index in [4.69, 9.17) is 15.4 Å². The largest absolute Gasteiger partial charge is 0.480 e. The van der Waals surface area contributed by atoms with Gasteiger partial charge in [-0.05, 0) is 13.0 Å². The van der Waals surface area contributed by atoms with E-state index in [1.54, 1.807) is 0 Å². The maximum Gasteiger partial charge on any atom is 0.325 e. The molecule has 0 aromatic carbocycles. The molecule has 0 aromatic heterocycles. The Hall–Kier alpha value is -1.67. The summed E-state index contributed by atoms with van der Waals surface area (Å²) in [5.41, 5.74) is 0. The third-order valence-corrected chi connectivity index (χ3v) is 3.59. The molecule has 4 N–H and O–H groups in total. The molecule has 0 unspecified atom stereocenters. The van der Waals surface area contributed by atoms with Crippen LogP contribution in [-0.2, 0) is 14.4 Å². The summed E-state index contributed by atoms with van der Waals surface area (Å²) in [7, 11) is 0. The van der Waals surface area contributed by atoms with E-state index >= 15 is 0 Å². The van der Waals surface area contributed by atoms with Crippen LogP contribution >= 0.6 is 0 Å². The van der Waals surface area contributed by atoms with Gasteiger partial charge in [-0.25, -0.2) is 5.06 Å². The zero-order chi connectivity index (χ0) is 20.2. The Morgan fingerprint density at radius 3 is 1.69 bits per heavy atom. The third-order valence-electron chi connectivity index (χ3n) is 3.59. The lowest BCUT2D eigenvalue weighted by Gasteiger charge is -2.11. The number of likely N-dealkylation sites (N-methyl/N-ethyl adjacent to an activating group) is 1. The summed E-state index contributed by atoms with van der Waals surface area (Å²) >= 11 is 0. The van der Waals surface area contributed by atoms with Crippen LogP contribution in [0.1, 0.15) is 78.1 Å². The Morgan fingerprint density at radius 2 is 1.31 bits per heavy atom. The molecule has 26 heavy (non-hydrogen) atoms. The number of carboxylic acid groups (broad SMARTS) is 2. The zero-order valence-corrected chi connectivity index (χ0v) is 16.2. The summed E-state index contributed by atoms with van der Waals surface area (Å²) in [5.74, 6) is -2.52. The van der Waals surface area contributed by atoms with Gasteiger partial charge in [-0.3, -0.25) is 19.6 Å². The fraction of sp³-hybridized carbons (Fsp3) is 0.833. The molecule has 0 aliphatic rings. The van der Waals surface area contributed by atoms with Gasteiger partial charge in [0.1, 0.15) is 6.54 Å². The van der Waals surface area contributed by atoms with Crippen LogP contribution in [0.15, 0.2) is 0 Å². The van der Waals surface area contributed by atoms with Crippen LogP contribution in [0, 0.1) is 0 Å². The van der Waals surface area contributed by atoms with Crippen molar-refractivity contribution < 1.29 is 29.8 Å². The van der Waals surface area contributed by atoms with Crippen LogP contribution in [0.2, 0.25) is 0 Å². The standard InChI is InChI=1S/C14H27NO4.C4H9NO2/c1-2-3-4-5-6-7-8-9-10-11-13(16)15(19)12-14(17)18;1-2-5-3-4(6)7/h19H,2-12H2,1H3,(H,17,18);5H,2-3H2,1H3,(H,6,7). The van der Waals surface area contributed by atoms with Crippen molar-refractivity contribution in [2.24, 2.45) is 0 Å². The fourth-order valence-corrected chi connectivity index (χ4v) is 2.16. The van der Waals surface area contributed by atoms with E-state index in [-0.39, 0.29) is 18.0 Å². The molecule has 0 spiro atoms. The summed E-state index contributed by atoms with van der Waals surface area (Å²) in [5, 5.41) is 28.4. The summed E-state index contributed by atoms with van der Waals surface area (Å²) in [6, 6.07) is 0. The molecule has 0 aliphatic carbocycles. The minimum absolute atomic E-state index is 0.0660. The number of nitrogens with zero attached hydrogens (tertiary/aromatic N) is 1. The quantitative estimate of drug-likeness (QED) is 0.197. The van der Waals surface area contributed by atoms with Gasteiger partial charge in [0.25, 0.3) is 0 Å². The van der Waals surface area contributed by atoms with Gasteiger partial charge in [0.15, 0.2) is 0 Å². The van der Waals surface area contributed by atoms with Gasteiger partial charge in [0.2, 0.25) is 5.91 Å². The van der Waals surface area contributed by atoms with E-state index in [0.717, 1.165) is 12.8 Å². The average molecular weight is 376 g/mol. The van der Waals surface area contributed by atoms with Gasteiger partial charge in [0.05, 0.1) is 6.54 Å². The van der Waals surface area contributed by atoms with Gasteiger partial charge >= 0.3 is 11.9 Å². The van der Waals surface area contributed by atoms with Crippen LogP contribution in [0.3, 0.4) is 0 Å². The number of amides is 1. The van der Waals surface area contributed by atoms with Gasteiger partial charge in [-0.1, -0.05) is 65.2 Å². The lowest BCUT2D eigenvalue weighted by Crippen LogP contribution is -2.32. The molecule has 0 radical (unpaired) electrons. The van der Waals surface area contributed by atoms with Crippen LogP contribution in [-0.4, -0.2) is 58.0 Å². The van der Waals surface area contributed by atoms with Crippen molar-refractivity contribution in [1.29, 1.82) is 0 Å². The number of aliphatic carboxylic acids is 2. The minimum atomic E-state index is -1.21. The molecule has 1 amide bonds. The normalized spacial score (nSPS) is 9.96. The molecule has 8 heteroatoms. The number of hydroxylamine groups is 2. The average Bonchev–Trinajstić information content (AvgIpc) is 2.58. The summed E-state index contributed by atoms with van der Waals surface area (Å²) in [6.45, 7) is 4.20. The van der Waals surface area contributed by atoms with E-state index < -0.39 is 24.4 Å².